The van der Waals surface area contributed by atoms with Gasteiger partial charge in [-0.3, -0.25) is 9.59 Å². The summed E-state index contributed by atoms with van der Waals surface area (Å²) in [6.07, 6.45) is 0. The van der Waals surface area contributed by atoms with Crippen molar-refractivity contribution in [1.82, 2.24) is 9.97 Å². The maximum Gasteiger partial charge on any atom is 0.282 e. The summed E-state index contributed by atoms with van der Waals surface area (Å²) >= 11 is 3.36. The third-order valence-corrected chi connectivity index (χ3v) is 3.80. The van der Waals surface area contributed by atoms with Crippen molar-refractivity contribution in [3.05, 3.63) is 69.1 Å². The predicted molar refractivity (Wildman–Crippen MR) is 89.2 cm³/mol. The van der Waals surface area contributed by atoms with Crippen molar-refractivity contribution in [2.75, 3.05) is 11.9 Å². The summed E-state index contributed by atoms with van der Waals surface area (Å²) in [4.78, 5) is 32.9. The van der Waals surface area contributed by atoms with Crippen LogP contribution in [0.3, 0.4) is 0 Å². The molecule has 3 aromatic rings. The van der Waals surface area contributed by atoms with Crippen LogP contribution in [0.4, 0.5) is 5.69 Å². The molecule has 6 heteroatoms. The minimum atomic E-state index is -0.495. The molecular formula is C16H12BrN3O2. The number of rotatable bonds is 2. The number of anilines is 1. The number of hydrogen-bond donors (Lipinski definition) is 1. The van der Waals surface area contributed by atoms with Crippen LogP contribution >= 0.6 is 15.9 Å². The van der Waals surface area contributed by atoms with Gasteiger partial charge in [-0.25, -0.2) is 4.98 Å². The molecule has 0 bridgehead atoms. The number of fused-ring (bicyclic) bond motifs is 1. The Kier molecular flexibility index (Phi) is 3.77. The number of aromatic amines is 1. The van der Waals surface area contributed by atoms with E-state index < -0.39 is 11.5 Å². The average molecular weight is 358 g/mol. The summed E-state index contributed by atoms with van der Waals surface area (Å²) < 4.78 is 0.852. The summed E-state index contributed by atoms with van der Waals surface area (Å²) in [7, 11) is 1.61. The Labute approximate surface area is 134 Å². The number of halogens is 1. The van der Waals surface area contributed by atoms with Crippen molar-refractivity contribution in [2.24, 2.45) is 0 Å². The molecule has 0 fully saturated rings. The van der Waals surface area contributed by atoms with E-state index in [1.54, 1.807) is 43.4 Å². The van der Waals surface area contributed by atoms with Crippen LogP contribution in [0, 0.1) is 0 Å². The average Bonchev–Trinajstić information content (AvgIpc) is 2.53. The fourth-order valence-corrected chi connectivity index (χ4v) is 2.52. The molecule has 0 aliphatic rings. The number of nitrogens with one attached hydrogen (secondary N) is 1. The van der Waals surface area contributed by atoms with Crippen molar-refractivity contribution in [1.29, 1.82) is 0 Å². The van der Waals surface area contributed by atoms with Crippen molar-refractivity contribution < 1.29 is 4.79 Å². The number of amides is 1. The largest absolute Gasteiger partial charge is 0.319 e. The molecule has 0 radical (unpaired) electrons. The minimum Gasteiger partial charge on any atom is -0.319 e. The van der Waals surface area contributed by atoms with Crippen LogP contribution in [0.15, 0.2) is 57.8 Å². The Morgan fingerprint density at radius 1 is 1.18 bits per heavy atom. The highest BCUT2D eigenvalue weighted by molar-refractivity contribution is 9.10. The summed E-state index contributed by atoms with van der Waals surface area (Å²) in [6.45, 7) is 0. The summed E-state index contributed by atoms with van der Waals surface area (Å²) in [6, 6.07) is 14.4. The van der Waals surface area contributed by atoms with Crippen LogP contribution in [-0.4, -0.2) is 22.9 Å². The lowest BCUT2D eigenvalue weighted by Crippen LogP contribution is -2.32. The number of carbonyl (C=O) groups is 1. The summed E-state index contributed by atoms with van der Waals surface area (Å²) in [5.74, 6) is -0.454. The molecule has 22 heavy (non-hydrogen) atoms. The zero-order valence-electron chi connectivity index (χ0n) is 11.7. The normalized spacial score (nSPS) is 10.6. The van der Waals surface area contributed by atoms with E-state index >= 15 is 0 Å². The number of carbonyl (C=O) groups excluding carboxylic acids is 1. The van der Waals surface area contributed by atoms with Crippen LogP contribution in [0.5, 0.6) is 0 Å². The Morgan fingerprint density at radius 3 is 2.73 bits per heavy atom. The smallest absolute Gasteiger partial charge is 0.282 e. The number of aromatic nitrogens is 2. The molecule has 0 aliphatic heterocycles. The molecule has 0 aliphatic carbocycles. The minimum absolute atomic E-state index is 0.124. The number of benzene rings is 2. The quantitative estimate of drug-likeness (QED) is 0.766. The van der Waals surface area contributed by atoms with Gasteiger partial charge in [0, 0.05) is 17.2 Å². The molecular weight excluding hydrogens is 346 g/mol. The van der Waals surface area contributed by atoms with Crippen LogP contribution in [0.2, 0.25) is 0 Å². The van der Waals surface area contributed by atoms with E-state index in [2.05, 4.69) is 25.9 Å². The third kappa shape index (κ3) is 2.65. The van der Waals surface area contributed by atoms with Crippen molar-refractivity contribution in [3.63, 3.8) is 0 Å². The van der Waals surface area contributed by atoms with Gasteiger partial charge < -0.3 is 9.88 Å². The van der Waals surface area contributed by atoms with Crippen LogP contribution in [0.1, 0.15) is 10.5 Å². The lowest BCUT2D eigenvalue weighted by molar-refractivity contribution is 0.0987. The third-order valence-electron chi connectivity index (χ3n) is 3.30. The molecule has 5 nitrogen and oxygen atoms in total. The van der Waals surface area contributed by atoms with Crippen molar-refractivity contribution in [2.45, 2.75) is 0 Å². The maximum atomic E-state index is 12.5. The van der Waals surface area contributed by atoms with Gasteiger partial charge in [0.1, 0.15) is 0 Å². The monoisotopic (exact) mass is 357 g/mol. The van der Waals surface area contributed by atoms with Gasteiger partial charge in [-0.2, -0.15) is 0 Å². The molecule has 1 aromatic heterocycles. The predicted octanol–water partition coefficient (Wildman–Crippen LogP) is 2.96. The number of hydrogen-bond acceptors (Lipinski definition) is 3. The fourth-order valence-electron chi connectivity index (χ4n) is 2.14. The second-order valence-electron chi connectivity index (χ2n) is 4.78. The van der Waals surface area contributed by atoms with Crippen LogP contribution < -0.4 is 10.5 Å². The highest BCUT2D eigenvalue weighted by atomic mass is 79.9. The molecule has 3 rings (SSSR count). The number of para-hydroxylation sites is 2. The Morgan fingerprint density at radius 2 is 1.95 bits per heavy atom. The van der Waals surface area contributed by atoms with E-state index in [4.69, 9.17) is 0 Å². The molecule has 0 unspecified atom stereocenters. The van der Waals surface area contributed by atoms with Gasteiger partial charge in [-0.15, -0.1) is 0 Å². The molecule has 0 saturated heterocycles. The van der Waals surface area contributed by atoms with Gasteiger partial charge in [0.15, 0.2) is 5.69 Å². The van der Waals surface area contributed by atoms with E-state index in [1.807, 2.05) is 12.1 Å². The van der Waals surface area contributed by atoms with Gasteiger partial charge in [-0.05, 0) is 30.3 Å². The van der Waals surface area contributed by atoms with E-state index in [0.29, 0.717) is 16.7 Å². The molecule has 1 N–H and O–H groups in total. The van der Waals surface area contributed by atoms with E-state index in [9.17, 15) is 9.59 Å². The zero-order valence-corrected chi connectivity index (χ0v) is 13.3. The first-order chi connectivity index (χ1) is 10.6. The summed E-state index contributed by atoms with van der Waals surface area (Å²) in [5, 5.41) is 0. The Bertz CT molecular complexity index is 920. The second-order valence-corrected chi connectivity index (χ2v) is 5.69. The van der Waals surface area contributed by atoms with Crippen LogP contribution in [0.25, 0.3) is 11.0 Å². The fraction of sp³-hybridized carbons (Fsp3) is 0.0625. The molecule has 1 amide bonds. The first-order valence-corrected chi connectivity index (χ1v) is 7.38. The van der Waals surface area contributed by atoms with Gasteiger partial charge in [0.25, 0.3) is 11.5 Å². The van der Waals surface area contributed by atoms with Gasteiger partial charge in [0.2, 0.25) is 0 Å². The lowest BCUT2D eigenvalue weighted by Gasteiger charge is -2.16. The van der Waals surface area contributed by atoms with Gasteiger partial charge >= 0.3 is 0 Å². The topological polar surface area (TPSA) is 66.1 Å². The lowest BCUT2D eigenvalue weighted by atomic mass is 10.2. The zero-order chi connectivity index (χ0) is 15.7. The van der Waals surface area contributed by atoms with Crippen molar-refractivity contribution in [3.8, 4) is 0 Å². The van der Waals surface area contributed by atoms with E-state index in [0.717, 1.165) is 4.47 Å². The van der Waals surface area contributed by atoms with E-state index in [-0.39, 0.29) is 5.69 Å². The Hall–Kier alpha value is -2.47. The number of nitrogens with zero attached hydrogens (tertiary/aromatic N) is 2. The van der Waals surface area contributed by atoms with Crippen molar-refractivity contribution >= 4 is 38.6 Å². The van der Waals surface area contributed by atoms with E-state index in [1.165, 1.54) is 4.90 Å². The standard InChI is InChI=1S/C16H12BrN3O2/c1-20(11-6-4-5-10(17)9-11)16(22)14-15(21)19-13-8-3-2-7-12(13)18-14/h2-9H,1H3,(H,19,21). The highest BCUT2D eigenvalue weighted by Crippen LogP contribution is 2.20. The molecule has 0 saturated carbocycles. The van der Waals surface area contributed by atoms with Gasteiger partial charge in [0.05, 0.1) is 11.0 Å². The number of H-pyrrole nitrogens is 1. The highest BCUT2D eigenvalue weighted by Gasteiger charge is 2.19. The molecule has 2 aromatic carbocycles. The van der Waals surface area contributed by atoms with Gasteiger partial charge in [-0.1, -0.05) is 34.1 Å². The SMILES string of the molecule is CN(C(=O)c1nc2ccccc2[nH]c1=O)c1cccc(Br)c1. The first kappa shape index (κ1) is 14.5. The maximum absolute atomic E-state index is 12.5. The Balaban J connectivity index is 2.05. The summed E-state index contributed by atoms with van der Waals surface area (Å²) in [5.41, 5.74) is 1.24. The van der Waals surface area contributed by atoms with Crippen LogP contribution in [-0.2, 0) is 0 Å². The first-order valence-electron chi connectivity index (χ1n) is 6.59. The molecule has 0 atom stereocenters. The molecule has 110 valence electrons. The second kappa shape index (κ2) is 5.73. The molecule has 1 heterocycles. The molecule has 0 spiro atoms.